The van der Waals surface area contributed by atoms with Gasteiger partial charge in [0.2, 0.25) is 0 Å². The van der Waals surface area contributed by atoms with E-state index in [0.29, 0.717) is 17.3 Å². The summed E-state index contributed by atoms with van der Waals surface area (Å²) in [5.74, 6) is 0. The monoisotopic (exact) mass is 290 g/mol. The van der Waals surface area contributed by atoms with E-state index in [1.807, 2.05) is 29.8 Å². The van der Waals surface area contributed by atoms with Gasteiger partial charge in [0.15, 0.2) is 0 Å². The smallest absolute Gasteiger partial charge is 0.258 e. The zero-order valence-corrected chi connectivity index (χ0v) is 11.8. The second-order valence-corrected chi connectivity index (χ2v) is 5.35. The number of thiophene rings is 1. The molecule has 0 fully saturated rings. The van der Waals surface area contributed by atoms with Crippen LogP contribution in [0.25, 0.3) is 22.0 Å². The molecule has 0 bridgehead atoms. The summed E-state index contributed by atoms with van der Waals surface area (Å²) < 4.78 is 1.73. The van der Waals surface area contributed by atoms with Crippen molar-refractivity contribution in [2.45, 2.75) is 13.5 Å². The van der Waals surface area contributed by atoms with Crippen molar-refractivity contribution < 1.29 is 0 Å². The minimum absolute atomic E-state index is 0.00988. The molecule has 0 spiro atoms. The number of aryl methyl sites for hydroxylation is 1. The molecule has 0 saturated carbocycles. The standard InChI is InChI=1S/C14H11ClN2OS/c1-2-17-12-6-13(15)16-7-10(12)5-11(14(17)18)9-3-4-19-8-9/h3-8H,2H2,1H3. The third kappa shape index (κ3) is 2.07. The van der Waals surface area contributed by atoms with Crippen molar-refractivity contribution in [3.05, 3.63) is 50.7 Å². The first kappa shape index (κ1) is 12.4. The number of pyridine rings is 2. The Bertz CT molecular complexity index is 793. The van der Waals surface area contributed by atoms with Crippen molar-refractivity contribution >= 4 is 33.8 Å². The van der Waals surface area contributed by atoms with Crippen LogP contribution in [0.4, 0.5) is 0 Å². The number of aromatic nitrogens is 2. The van der Waals surface area contributed by atoms with E-state index >= 15 is 0 Å². The van der Waals surface area contributed by atoms with Gasteiger partial charge in [-0.05, 0) is 41.4 Å². The fraction of sp³-hybridized carbons (Fsp3) is 0.143. The Balaban J connectivity index is 2.41. The molecule has 3 nitrogen and oxygen atoms in total. The van der Waals surface area contributed by atoms with Crippen LogP contribution in [0.1, 0.15) is 6.92 Å². The van der Waals surface area contributed by atoms with Crippen molar-refractivity contribution in [2.75, 3.05) is 0 Å². The average molecular weight is 291 g/mol. The number of nitrogens with zero attached hydrogens (tertiary/aromatic N) is 2. The minimum Gasteiger partial charge on any atom is -0.308 e. The fourth-order valence-electron chi connectivity index (χ4n) is 2.19. The van der Waals surface area contributed by atoms with Crippen molar-refractivity contribution in [2.24, 2.45) is 0 Å². The number of hydrogen-bond acceptors (Lipinski definition) is 3. The molecule has 0 amide bonds. The van der Waals surface area contributed by atoms with Gasteiger partial charge >= 0.3 is 0 Å². The molecule has 0 atom stereocenters. The van der Waals surface area contributed by atoms with Crippen LogP contribution in [-0.4, -0.2) is 9.55 Å². The van der Waals surface area contributed by atoms with Gasteiger partial charge in [0.25, 0.3) is 5.56 Å². The normalized spacial score (nSPS) is 11.1. The Kier molecular flexibility index (Phi) is 3.12. The predicted octanol–water partition coefficient (Wildman–Crippen LogP) is 3.80. The second kappa shape index (κ2) is 4.79. The molecule has 5 heteroatoms. The maximum atomic E-state index is 12.5. The summed E-state index contributed by atoms with van der Waals surface area (Å²) in [6.45, 7) is 2.56. The van der Waals surface area contributed by atoms with Gasteiger partial charge in [-0.3, -0.25) is 4.79 Å². The van der Waals surface area contributed by atoms with E-state index in [1.54, 1.807) is 28.2 Å². The molecule has 0 aliphatic heterocycles. The van der Waals surface area contributed by atoms with Crippen molar-refractivity contribution in [1.82, 2.24) is 9.55 Å². The Hall–Kier alpha value is -1.65. The summed E-state index contributed by atoms with van der Waals surface area (Å²) in [6, 6.07) is 5.57. The fourth-order valence-corrected chi connectivity index (χ4v) is 2.99. The third-order valence-corrected chi connectivity index (χ3v) is 3.98. The van der Waals surface area contributed by atoms with Crippen LogP contribution >= 0.6 is 22.9 Å². The Morgan fingerprint density at radius 1 is 1.42 bits per heavy atom. The van der Waals surface area contributed by atoms with E-state index in [4.69, 9.17) is 11.6 Å². The van der Waals surface area contributed by atoms with E-state index < -0.39 is 0 Å². The molecule has 3 aromatic rings. The van der Waals surface area contributed by atoms with E-state index in [1.165, 1.54) is 0 Å². The highest BCUT2D eigenvalue weighted by atomic mass is 35.5. The molecular formula is C14H11ClN2OS. The zero-order chi connectivity index (χ0) is 13.4. The van der Waals surface area contributed by atoms with Crippen LogP contribution < -0.4 is 5.56 Å². The molecular weight excluding hydrogens is 280 g/mol. The lowest BCUT2D eigenvalue weighted by Gasteiger charge is -2.10. The summed E-state index contributed by atoms with van der Waals surface area (Å²) in [7, 11) is 0. The quantitative estimate of drug-likeness (QED) is 0.673. The topological polar surface area (TPSA) is 34.9 Å². The molecule has 96 valence electrons. The first-order chi connectivity index (χ1) is 9.20. The molecule has 0 radical (unpaired) electrons. The molecule has 0 aliphatic carbocycles. The first-order valence-electron chi connectivity index (χ1n) is 5.92. The number of rotatable bonds is 2. The highest BCUT2D eigenvalue weighted by Gasteiger charge is 2.11. The van der Waals surface area contributed by atoms with Crippen molar-refractivity contribution in [3.8, 4) is 11.1 Å². The lowest BCUT2D eigenvalue weighted by Crippen LogP contribution is -2.21. The Labute approximate surface area is 119 Å². The largest absolute Gasteiger partial charge is 0.308 e. The zero-order valence-electron chi connectivity index (χ0n) is 10.3. The van der Waals surface area contributed by atoms with Gasteiger partial charge in [0.1, 0.15) is 5.15 Å². The lowest BCUT2D eigenvalue weighted by molar-refractivity contribution is 0.761. The van der Waals surface area contributed by atoms with Crippen LogP contribution in [0.15, 0.2) is 40.0 Å². The second-order valence-electron chi connectivity index (χ2n) is 4.19. The summed E-state index contributed by atoms with van der Waals surface area (Å²) in [6.07, 6.45) is 1.71. The van der Waals surface area contributed by atoms with Gasteiger partial charge in [0.05, 0.1) is 5.52 Å². The summed E-state index contributed by atoms with van der Waals surface area (Å²) in [5, 5.41) is 5.27. The lowest BCUT2D eigenvalue weighted by atomic mass is 10.1. The molecule has 0 aromatic carbocycles. The maximum absolute atomic E-state index is 12.5. The Morgan fingerprint density at radius 2 is 2.26 bits per heavy atom. The third-order valence-electron chi connectivity index (χ3n) is 3.09. The number of fused-ring (bicyclic) bond motifs is 1. The van der Waals surface area contributed by atoms with E-state index in [2.05, 4.69) is 4.98 Å². The number of halogens is 1. The van der Waals surface area contributed by atoms with E-state index in [0.717, 1.165) is 16.5 Å². The van der Waals surface area contributed by atoms with Gasteiger partial charge in [-0.25, -0.2) is 4.98 Å². The van der Waals surface area contributed by atoms with Crippen LogP contribution in [0.5, 0.6) is 0 Å². The van der Waals surface area contributed by atoms with Crippen LogP contribution in [0.3, 0.4) is 0 Å². The summed E-state index contributed by atoms with van der Waals surface area (Å²) in [5.41, 5.74) is 2.50. The SMILES string of the molecule is CCn1c(=O)c(-c2ccsc2)cc2cnc(Cl)cc21. The molecule has 3 heterocycles. The molecule has 19 heavy (non-hydrogen) atoms. The molecule has 0 aliphatic rings. The first-order valence-corrected chi connectivity index (χ1v) is 7.24. The van der Waals surface area contributed by atoms with Gasteiger partial charge in [-0.1, -0.05) is 11.6 Å². The van der Waals surface area contributed by atoms with E-state index in [-0.39, 0.29) is 5.56 Å². The van der Waals surface area contributed by atoms with Gasteiger partial charge in [0, 0.05) is 23.7 Å². The van der Waals surface area contributed by atoms with Crippen molar-refractivity contribution in [1.29, 1.82) is 0 Å². The van der Waals surface area contributed by atoms with Crippen LogP contribution in [-0.2, 0) is 6.54 Å². The summed E-state index contributed by atoms with van der Waals surface area (Å²) >= 11 is 7.49. The molecule has 0 saturated heterocycles. The molecule has 0 N–H and O–H groups in total. The van der Waals surface area contributed by atoms with Gasteiger partial charge < -0.3 is 4.57 Å². The average Bonchev–Trinajstić information content (AvgIpc) is 2.92. The highest BCUT2D eigenvalue weighted by Crippen LogP contribution is 2.23. The van der Waals surface area contributed by atoms with Crippen LogP contribution in [0.2, 0.25) is 5.15 Å². The molecule has 3 rings (SSSR count). The van der Waals surface area contributed by atoms with Crippen molar-refractivity contribution in [3.63, 3.8) is 0 Å². The van der Waals surface area contributed by atoms with Gasteiger partial charge in [-0.2, -0.15) is 11.3 Å². The number of hydrogen-bond donors (Lipinski definition) is 0. The Morgan fingerprint density at radius 3 is 2.95 bits per heavy atom. The minimum atomic E-state index is 0.00988. The predicted molar refractivity (Wildman–Crippen MR) is 80.0 cm³/mol. The van der Waals surface area contributed by atoms with E-state index in [9.17, 15) is 4.79 Å². The molecule has 0 unspecified atom stereocenters. The highest BCUT2D eigenvalue weighted by molar-refractivity contribution is 7.08. The van der Waals surface area contributed by atoms with Crippen LogP contribution in [0, 0.1) is 0 Å². The van der Waals surface area contributed by atoms with Gasteiger partial charge in [-0.15, -0.1) is 0 Å². The molecule has 3 aromatic heterocycles. The maximum Gasteiger partial charge on any atom is 0.258 e. The summed E-state index contributed by atoms with van der Waals surface area (Å²) in [4.78, 5) is 16.6.